The van der Waals surface area contributed by atoms with Crippen molar-refractivity contribution in [2.75, 3.05) is 19.0 Å². The van der Waals surface area contributed by atoms with Crippen molar-refractivity contribution in [2.45, 2.75) is 13.0 Å². The molecule has 0 aromatic heterocycles. The van der Waals surface area contributed by atoms with Gasteiger partial charge >= 0.3 is 0 Å². The molecular formula is C21H22Cl2N2O. The number of allylic oxidation sites excluding steroid dienone is 1. The number of halogens is 2. The van der Waals surface area contributed by atoms with Gasteiger partial charge in [0.05, 0.1) is 10.0 Å². The monoisotopic (exact) mass is 388 g/mol. The molecule has 5 heteroatoms. The predicted octanol–water partition coefficient (Wildman–Crippen LogP) is 5.79. The summed E-state index contributed by atoms with van der Waals surface area (Å²) < 4.78 is 0. The molecule has 0 heterocycles. The number of carbonyl (C=O) groups is 1. The molecule has 2 aromatic carbocycles. The first-order chi connectivity index (χ1) is 12.3. The van der Waals surface area contributed by atoms with Gasteiger partial charge in [-0.15, -0.1) is 6.58 Å². The highest BCUT2D eigenvalue weighted by Gasteiger charge is 2.13. The number of carbonyl (C=O) groups excluding carboxylic acids is 1. The molecule has 2 aromatic rings. The van der Waals surface area contributed by atoms with Gasteiger partial charge in [0.1, 0.15) is 0 Å². The van der Waals surface area contributed by atoms with E-state index in [9.17, 15) is 4.79 Å². The normalized spacial score (nSPS) is 10.3. The fourth-order valence-electron chi connectivity index (χ4n) is 2.53. The van der Waals surface area contributed by atoms with Crippen molar-refractivity contribution in [1.82, 2.24) is 4.90 Å². The fraction of sp³-hybridized carbons (Fsp3) is 0.190. The molecule has 0 N–H and O–H groups in total. The zero-order valence-electron chi connectivity index (χ0n) is 15.0. The van der Waals surface area contributed by atoms with E-state index in [0.29, 0.717) is 28.6 Å². The van der Waals surface area contributed by atoms with Crippen molar-refractivity contribution >= 4 is 34.8 Å². The van der Waals surface area contributed by atoms with Crippen LogP contribution in [-0.2, 0) is 6.54 Å². The Kier molecular flexibility index (Phi) is 6.90. The average Bonchev–Trinajstić information content (AvgIpc) is 2.62. The Balaban J connectivity index is 2.32. The summed E-state index contributed by atoms with van der Waals surface area (Å²) in [5.74, 6) is -0.0301. The van der Waals surface area contributed by atoms with Gasteiger partial charge in [-0.2, -0.15) is 0 Å². The van der Waals surface area contributed by atoms with Crippen molar-refractivity contribution in [1.29, 1.82) is 0 Å². The van der Waals surface area contributed by atoms with Gasteiger partial charge in [0.25, 0.3) is 5.91 Å². The maximum absolute atomic E-state index is 12.1. The van der Waals surface area contributed by atoms with Crippen LogP contribution >= 0.6 is 23.2 Å². The van der Waals surface area contributed by atoms with Crippen LogP contribution in [0.1, 0.15) is 22.3 Å². The van der Waals surface area contributed by atoms with E-state index in [4.69, 9.17) is 23.2 Å². The molecule has 136 valence electrons. The quantitative estimate of drug-likeness (QED) is 0.560. The minimum atomic E-state index is -0.0301. The first kappa shape index (κ1) is 20.1. The van der Waals surface area contributed by atoms with Gasteiger partial charge < -0.3 is 9.80 Å². The third-order valence-corrected chi connectivity index (χ3v) is 4.66. The van der Waals surface area contributed by atoms with Gasteiger partial charge in [-0.3, -0.25) is 4.79 Å². The van der Waals surface area contributed by atoms with Crippen LogP contribution in [0.5, 0.6) is 0 Å². The van der Waals surface area contributed by atoms with Crippen LogP contribution in [0.15, 0.2) is 67.4 Å². The molecule has 2 rings (SSSR count). The maximum Gasteiger partial charge on any atom is 0.253 e. The topological polar surface area (TPSA) is 23.6 Å². The number of anilines is 1. The second-order valence-electron chi connectivity index (χ2n) is 6.14. The summed E-state index contributed by atoms with van der Waals surface area (Å²) in [7, 11) is 3.47. The molecular weight excluding hydrogens is 367 g/mol. The lowest BCUT2D eigenvalue weighted by Crippen LogP contribution is -2.23. The number of hydrogen-bond acceptors (Lipinski definition) is 2. The van der Waals surface area contributed by atoms with E-state index in [-0.39, 0.29) is 5.91 Å². The number of benzene rings is 2. The highest BCUT2D eigenvalue weighted by atomic mass is 35.5. The first-order valence-electron chi connectivity index (χ1n) is 8.15. The summed E-state index contributed by atoms with van der Waals surface area (Å²) >= 11 is 12.1. The van der Waals surface area contributed by atoms with E-state index in [1.165, 1.54) is 0 Å². The lowest BCUT2D eigenvalue weighted by atomic mass is 10.1. The number of nitrogens with zero attached hydrogens (tertiary/aromatic N) is 2. The average molecular weight is 389 g/mol. The highest BCUT2D eigenvalue weighted by Crippen LogP contribution is 2.27. The van der Waals surface area contributed by atoms with Gasteiger partial charge in [0, 0.05) is 44.0 Å². The van der Waals surface area contributed by atoms with Crippen LogP contribution in [0.25, 0.3) is 0 Å². The Morgan fingerprint density at radius 2 is 1.73 bits per heavy atom. The van der Waals surface area contributed by atoms with Crippen LogP contribution in [-0.4, -0.2) is 24.9 Å². The summed E-state index contributed by atoms with van der Waals surface area (Å²) in [6.07, 6.45) is 2.47. The Morgan fingerprint density at radius 3 is 2.27 bits per heavy atom. The van der Waals surface area contributed by atoms with Gasteiger partial charge in [-0.05, 0) is 42.0 Å². The molecule has 0 saturated carbocycles. The predicted molar refractivity (Wildman–Crippen MR) is 111 cm³/mol. The minimum absolute atomic E-state index is 0.0301. The zero-order chi connectivity index (χ0) is 19.3. The van der Waals surface area contributed by atoms with Crippen LogP contribution in [0.4, 0.5) is 5.69 Å². The lowest BCUT2D eigenvalue weighted by Gasteiger charge is -2.27. The van der Waals surface area contributed by atoms with Crippen molar-refractivity contribution < 1.29 is 4.79 Å². The Labute approximate surface area is 165 Å². The van der Waals surface area contributed by atoms with E-state index in [0.717, 1.165) is 16.9 Å². The van der Waals surface area contributed by atoms with Crippen LogP contribution in [0, 0.1) is 0 Å². The summed E-state index contributed by atoms with van der Waals surface area (Å²) in [5.41, 5.74) is 3.50. The fourth-order valence-corrected chi connectivity index (χ4v) is 2.85. The molecule has 3 nitrogen and oxygen atoms in total. The van der Waals surface area contributed by atoms with E-state index in [1.807, 2.05) is 42.5 Å². The lowest BCUT2D eigenvalue weighted by molar-refractivity contribution is 0.0827. The van der Waals surface area contributed by atoms with Gasteiger partial charge in [0.15, 0.2) is 0 Å². The smallest absolute Gasteiger partial charge is 0.253 e. The summed E-state index contributed by atoms with van der Waals surface area (Å²) in [6.45, 7) is 8.54. The van der Waals surface area contributed by atoms with Crippen LogP contribution < -0.4 is 4.90 Å². The molecule has 0 fully saturated rings. The molecule has 26 heavy (non-hydrogen) atoms. The van der Waals surface area contributed by atoms with Crippen molar-refractivity contribution in [3.63, 3.8) is 0 Å². The van der Waals surface area contributed by atoms with Gasteiger partial charge in [-0.1, -0.05) is 41.9 Å². The highest BCUT2D eigenvalue weighted by molar-refractivity contribution is 6.42. The maximum atomic E-state index is 12.1. The first-order valence-corrected chi connectivity index (χ1v) is 8.91. The van der Waals surface area contributed by atoms with E-state index < -0.39 is 0 Å². The third kappa shape index (κ3) is 4.90. The molecule has 0 radical (unpaired) electrons. The largest absolute Gasteiger partial charge is 0.345 e. The minimum Gasteiger partial charge on any atom is -0.345 e. The second-order valence-corrected chi connectivity index (χ2v) is 6.95. The molecule has 0 aliphatic heterocycles. The second kappa shape index (κ2) is 8.93. The Hall–Kier alpha value is -2.23. The molecule has 0 aliphatic carbocycles. The molecule has 0 saturated heterocycles. The van der Waals surface area contributed by atoms with Crippen molar-refractivity contribution in [3.8, 4) is 0 Å². The van der Waals surface area contributed by atoms with Gasteiger partial charge in [0.2, 0.25) is 0 Å². The van der Waals surface area contributed by atoms with Crippen LogP contribution in [0.2, 0.25) is 10.0 Å². The number of hydrogen-bond donors (Lipinski definition) is 0. The number of rotatable bonds is 7. The SMILES string of the molecule is C=CCC(=C)N(Cc1ccc(Cl)c(Cl)c1)c1ccc(C(=O)N(C)C)cc1. The van der Waals surface area contributed by atoms with Crippen molar-refractivity contribution in [2.24, 2.45) is 0 Å². The molecule has 0 spiro atoms. The van der Waals surface area contributed by atoms with Gasteiger partial charge in [-0.25, -0.2) is 0 Å². The summed E-state index contributed by atoms with van der Waals surface area (Å²) in [5, 5.41) is 1.05. The summed E-state index contributed by atoms with van der Waals surface area (Å²) in [6, 6.07) is 13.0. The zero-order valence-corrected chi connectivity index (χ0v) is 16.5. The van der Waals surface area contributed by atoms with Crippen molar-refractivity contribution in [3.05, 3.63) is 88.6 Å². The van der Waals surface area contributed by atoms with E-state index in [2.05, 4.69) is 18.1 Å². The Bertz CT molecular complexity index is 813. The van der Waals surface area contributed by atoms with E-state index in [1.54, 1.807) is 25.1 Å². The third-order valence-electron chi connectivity index (χ3n) is 3.92. The molecule has 0 bridgehead atoms. The molecule has 1 amide bonds. The van der Waals surface area contributed by atoms with E-state index >= 15 is 0 Å². The Morgan fingerprint density at radius 1 is 1.08 bits per heavy atom. The summed E-state index contributed by atoms with van der Waals surface area (Å²) in [4.78, 5) is 15.7. The standard InChI is InChI=1S/C21H22Cl2N2O/c1-5-6-15(2)25(14-16-7-12-19(22)20(23)13-16)18-10-8-17(9-11-18)21(26)24(3)4/h5,7-13H,1-2,6,14H2,3-4H3. The van der Waals surface area contributed by atoms with Crippen LogP contribution in [0.3, 0.4) is 0 Å². The molecule has 0 atom stereocenters. The molecule has 0 aliphatic rings. The number of amides is 1. The molecule has 0 unspecified atom stereocenters.